The van der Waals surface area contributed by atoms with Gasteiger partial charge < -0.3 is 9.47 Å². The Labute approximate surface area is 135 Å². The quantitative estimate of drug-likeness (QED) is 0.296. The molecule has 0 radical (unpaired) electrons. The van der Waals surface area contributed by atoms with Gasteiger partial charge in [0.15, 0.2) is 0 Å². The number of hydrogen-bond acceptors (Lipinski definition) is 2. The first kappa shape index (κ1) is 17.1. The minimum absolute atomic E-state index is 0.327. The van der Waals surface area contributed by atoms with Crippen LogP contribution in [-0.2, 0) is 11.2 Å². The van der Waals surface area contributed by atoms with Crippen LogP contribution in [0.5, 0.6) is 5.75 Å². The van der Waals surface area contributed by atoms with Gasteiger partial charge >= 0.3 is 0 Å². The molecule has 1 heterocycles. The van der Waals surface area contributed by atoms with Crippen LogP contribution in [0.2, 0.25) is 0 Å². The minimum atomic E-state index is 0.327. The molecular formula is C20H30O2. The largest absolute Gasteiger partial charge is 0.491 e. The van der Waals surface area contributed by atoms with Crippen LogP contribution in [0.1, 0.15) is 57.4 Å². The first-order valence-corrected chi connectivity index (χ1v) is 8.87. The molecule has 1 aromatic carbocycles. The summed E-state index contributed by atoms with van der Waals surface area (Å²) < 4.78 is 10.9. The van der Waals surface area contributed by atoms with E-state index in [0.29, 0.717) is 12.7 Å². The zero-order valence-electron chi connectivity index (χ0n) is 13.9. The Kier molecular flexibility index (Phi) is 8.11. The van der Waals surface area contributed by atoms with Crippen molar-refractivity contribution >= 4 is 0 Å². The summed E-state index contributed by atoms with van der Waals surface area (Å²) in [4.78, 5) is 0. The van der Waals surface area contributed by atoms with Crippen LogP contribution >= 0.6 is 0 Å². The number of benzene rings is 1. The van der Waals surface area contributed by atoms with Crippen molar-refractivity contribution in [1.82, 2.24) is 0 Å². The van der Waals surface area contributed by atoms with Crippen LogP contribution in [0, 0.1) is 0 Å². The van der Waals surface area contributed by atoms with E-state index in [-0.39, 0.29) is 0 Å². The van der Waals surface area contributed by atoms with Gasteiger partial charge in [-0.25, -0.2) is 0 Å². The summed E-state index contributed by atoms with van der Waals surface area (Å²) >= 11 is 0. The van der Waals surface area contributed by atoms with Crippen LogP contribution in [0.4, 0.5) is 0 Å². The Morgan fingerprint density at radius 1 is 1.14 bits per heavy atom. The van der Waals surface area contributed by atoms with Gasteiger partial charge in [-0.1, -0.05) is 44.1 Å². The van der Waals surface area contributed by atoms with E-state index in [1.807, 2.05) is 6.07 Å². The summed E-state index contributed by atoms with van der Waals surface area (Å²) in [7, 11) is 0. The van der Waals surface area contributed by atoms with Crippen molar-refractivity contribution in [3.8, 4) is 5.75 Å². The van der Waals surface area contributed by atoms with Gasteiger partial charge in [0.25, 0.3) is 0 Å². The average Bonchev–Trinajstić information content (AvgIpc) is 3.36. The second kappa shape index (κ2) is 10.4. The molecule has 22 heavy (non-hydrogen) atoms. The first-order chi connectivity index (χ1) is 10.9. The maximum atomic E-state index is 5.73. The van der Waals surface area contributed by atoms with Gasteiger partial charge in [-0.05, 0) is 56.2 Å². The van der Waals surface area contributed by atoms with E-state index >= 15 is 0 Å². The first-order valence-electron chi connectivity index (χ1n) is 8.87. The lowest BCUT2D eigenvalue weighted by molar-refractivity contribution is 0.263. The van der Waals surface area contributed by atoms with Crippen molar-refractivity contribution in [2.24, 2.45) is 0 Å². The highest BCUT2D eigenvalue weighted by atomic mass is 16.6. The predicted molar refractivity (Wildman–Crippen MR) is 92.5 cm³/mol. The zero-order chi connectivity index (χ0) is 15.5. The van der Waals surface area contributed by atoms with Crippen molar-refractivity contribution in [3.05, 3.63) is 42.0 Å². The van der Waals surface area contributed by atoms with Gasteiger partial charge in [0.1, 0.15) is 18.5 Å². The maximum absolute atomic E-state index is 5.73. The predicted octanol–water partition coefficient (Wildman–Crippen LogP) is 5.31. The van der Waals surface area contributed by atoms with Crippen molar-refractivity contribution in [2.45, 2.75) is 64.4 Å². The highest BCUT2D eigenvalue weighted by Gasteiger charge is 2.22. The third kappa shape index (κ3) is 7.65. The number of hydrogen-bond donors (Lipinski definition) is 0. The molecule has 0 amide bonds. The molecule has 0 saturated carbocycles. The van der Waals surface area contributed by atoms with E-state index in [0.717, 1.165) is 18.8 Å². The Hall–Kier alpha value is -1.28. The average molecular weight is 302 g/mol. The molecule has 2 nitrogen and oxygen atoms in total. The number of unbranched alkanes of at least 4 members (excludes halogenated alkanes) is 5. The van der Waals surface area contributed by atoms with E-state index < -0.39 is 0 Å². The van der Waals surface area contributed by atoms with Crippen LogP contribution in [0.25, 0.3) is 0 Å². The topological polar surface area (TPSA) is 21.8 Å². The Balaban J connectivity index is 1.55. The van der Waals surface area contributed by atoms with Gasteiger partial charge in [0.2, 0.25) is 0 Å². The van der Waals surface area contributed by atoms with Crippen molar-refractivity contribution in [2.75, 3.05) is 13.2 Å². The zero-order valence-corrected chi connectivity index (χ0v) is 13.9. The van der Waals surface area contributed by atoms with Gasteiger partial charge in [-0.3, -0.25) is 0 Å². The molecule has 1 aliphatic heterocycles. The maximum Gasteiger partial charge on any atom is 0.119 e. The van der Waals surface area contributed by atoms with Crippen LogP contribution in [0.3, 0.4) is 0 Å². The standard InChI is InChI=1S/C20H30O2/c1-2-3-4-5-6-7-8-9-10-12-18-13-11-14-19(15-18)21-16-20-17-22-20/h6-7,11,13-15,20H,2-5,8-10,12,16-17H2,1H3/b7-6+. The Morgan fingerprint density at radius 2 is 1.91 bits per heavy atom. The van der Waals surface area contributed by atoms with Gasteiger partial charge in [-0.2, -0.15) is 0 Å². The van der Waals surface area contributed by atoms with Crippen molar-refractivity contribution < 1.29 is 9.47 Å². The van der Waals surface area contributed by atoms with E-state index in [4.69, 9.17) is 9.47 Å². The molecule has 2 rings (SSSR count). The molecule has 1 saturated heterocycles. The molecule has 0 spiro atoms. The molecule has 0 aromatic heterocycles. The summed E-state index contributed by atoms with van der Waals surface area (Å²) in [5, 5.41) is 0. The fourth-order valence-corrected chi connectivity index (χ4v) is 2.48. The second-order valence-corrected chi connectivity index (χ2v) is 6.13. The van der Waals surface area contributed by atoms with Crippen LogP contribution in [0.15, 0.2) is 36.4 Å². The number of allylic oxidation sites excluding steroid dienone is 2. The lowest BCUT2D eigenvalue weighted by Gasteiger charge is -2.06. The SMILES string of the molecule is CCCCC/C=C/CCCCc1cccc(OCC2CO2)c1. The fraction of sp³-hybridized carbons (Fsp3) is 0.600. The van der Waals surface area contributed by atoms with Gasteiger partial charge in [0, 0.05) is 0 Å². The highest BCUT2D eigenvalue weighted by molar-refractivity contribution is 5.28. The summed E-state index contributed by atoms with van der Waals surface area (Å²) in [5.41, 5.74) is 1.38. The lowest BCUT2D eigenvalue weighted by atomic mass is 10.1. The number of ether oxygens (including phenoxy) is 2. The Bertz CT molecular complexity index is 435. The fourth-order valence-electron chi connectivity index (χ4n) is 2.48. The molecule has 1 aromatic rings. The lowest BCUT2D eigenvalue weighted by Crippen LogP contribution is -2.04. The van der Waals surface area contributed by atoms with Gasteiger partial charge in [0.05, 0.1) is 6.61 Å². The molecule has 1 atom stereocenters. The molecule has 1 unspecified atom stereocenters. The monoisotopic (exact) mass is 302 g/mol. The second-order valence-electron chi connectivity index (χ2n) is 6.13. The highest BCUT2D eigenvalue weighted by Crippen LogP contribution is 2.18. The van der Waals surface area contributed by atoms with E-state index in [1.165, 1.54) is 50.5 Å². The number of epoxide rings is 1. The summed E-state index contributed by atoms with van der Waals surface area (Å²) in [6.07, 6.45) is 15.1. The van der Waals surface area contributed by atoms with E-state index in [2.05, 4.69) is 37.3 Å². The molecule has 0 N–H and O–H groups in total. The summed E-state index contributed by atoms with van der Waals surface area (Å²) in [6, 6.07) is 8.49. The smallest absolute Gasteiger partial charge is 0.119 e. The van der Waals surface area contributed by atoms with Crippen molar-refractivity contribution in [1.29, 1.82) is 0 Å². The van der Waals surface area contributed by atoms with Crippen molar-refractivity contribution in [3.63, 3.8) is 0 Å². The molecule has 0 aliphatic carbocycles. The minimum Gasteiger partial charge on any atom is -0.491 e. The summed E-state index contributed by atoms with van der Waals surface area (Å²) in [5.74, 6) is 0.976. The molecular weight excluding hydrogens is 272 g/mol. The Morgan fingerprint density at radius 3 is 2.64 bits per heavy atom. The summed E-state index contributed by atoms with van der Waals surface area (Å²) in [6.45, 7) is 3.79. The molecule has 1 fully saturated rings. The van der Waals surface area contributed by atoms with Gasteiger partial charge in [-0.15, -0.1) is 0 Å². The van der Waals surface area contributed by atoms with Crippen LogP contribution in [-0.4, -0.2) is 19.3 Å². The number of rotatable bonds is 12. The van der Waals surface area contributed by atoms with E-state index in [1.54, 1.807) is 0 Å². The van der Waals surface area contributed by atoms with E-state index in [9.17, 15) is 0 Å². The number of aryl methyl sites for hydroxylation is 1. The third-order valence-electron chi connectivity index (χ3n) is 3.96. The van der Waals surface area contributed by atoms with Crippen LogP contribution < -0.4 is 4.74 Å². The molecule has 2 heteroatoms. The third-order valence-corrected chi connectivity index (χ3v) is 3.96. The molecule has 122 valence electrons. The molecule has 0 bridgehead atoms. The normalized spacial score (nSPS) is 17.0. The molecule has 1 aliphatic rings.